The summed E-state index contributed by atoms with van der Waals surface area (Å²) in [6, 6.07) is 7.02. The Labute approximate surface area is 138 Å². The maximum absolute atomic E-state index is 12.2. The predicted molar refractivity (Wildman–Crippen MR) is 84.2 cm³/mol. The fourth-order valence-corrected chi connectivity index (χ4v) is 3.20. The molecular formula is C14H12ClN3O4S. The van der Waals surface area contributed by atoms with Crippen molar-refractivity contribution in [3.05, 3.63) is 47.7 Å². The van der Waals surface area contributed by atoms with Gasteiger partial charge in [-0.25, -0.2) is 4.79 Å². The van der Waals surface area contributed by atoms with Gasteiger partial charge in [-0.15, -0.1) is 0 Å². The van der Waals surface area contributed by atoms with Crippen molar-refractivity contribution in [1.29, 1.82) is 0 Å². The topological polar surface area (TPSA) is 88.6 Å². The first-order valence-corrected chi connectivity index (χ1v) is 8.45. The van der Waals surface area contributed by atoms with E-state index in [-0.39, 0.29) is 21.7 Å². The van der Waals surface area contributed by atoms with E-state index in [1.807, 2.05) is 0 Å². The van der Waals surface area contributed by atoms with Gasteiger partial charge in [0.05, 0.1) is 11.2 Å². The SMILES string of the molecule is O=C1NCCN1c1ccc(S(=O)(=O)Oc2cncc(Cl)c2)cc1. The lowest BCUT2D eigenvalue weighted by molar-refractivity contribution is 0.252. The number of benzene rings is 1. The largest absolute Gasteiger partial charge is 0.377 e. The number of hydrogen-bond acceptors (Lipinski definition) is 5. The molecular weight excluding hydrogens is 342 g/mol. The van der Waals surface area contributed by atoms with Crippen LogP contribution in [0.15, 0.2) is 47.6 Å². The number of aromatic nitrogens is 1. The Kier molecular flexibility index (Phi) is 4.10. The van der Waals surface area contributed by atoms with Gasteiger partial charge < -0.3 is 9.50 Å². The first-order chi connectivity index (χ1) is 11.0. The summed E-state index contributed by atoms with van der Waals surface area (Å²) in [5.41, 5.74) is 0.614. The minimum Gasteiger partial charge on any atom is -0.377 e. The molecule has 7 nitrogen and oxygen atoms in total. The third kappa shape index (κ3) is 3.38. The first kappa shape index (κ1) is 15.6. The first-order valence-electron chi connectivity index (χ1n) is 6.66. The summed E-state index contributed by atoms with van der Waals surface area (Å²) >= 11 is 5.75. The van der Waals surface area contributed by atoms with Gasteiger partial charge in [-0.2, -0.15) is 8.42 Å². The van der Waals surface area contributed by atoms with Crippen molar-refractivity contribution in [2.45, 2.75) is 4.90 Å². The van der Waals surface area contributed by atoms with Gasteiger partial charge in [-0.3, -0.25) is 9.88 Å². The standard InChI is InChI=1S/C14H12ClN3O4S/c15-10-7-12(9-16-8-10)22-23(20,21)13-3-1-11(2-4-13)18-6-5-17-14(18)19/h1-4,7-9H,5-6H2,(H,17,19). The molecule has 1 aliphatic heterocycles. The normalized spacial score (nSPS) is 14.7. The van der Waals surface area contributed by atoms with Crippen LogP contribution in [-0.4, -0.2) is 32.5 Å². The summed E-state index contributed by atoms with van der Waals surface area (Å²) in [5, 5.41) is 2.95. The van der Waals surface area contributed by atoms with E-state index in [2.05, 4.69) is 10.3 Å². The monoisotopic (exact) mass is 353 g/mol. The molecule has 0 aliphatic carbocycles. The second-order valence-electron chi connectivity index (χ2n) is 4.75. The number of pyridine rings is 1. The van der Waals surface area contributed by atoms with Crippen LogP contribution < -0.4 is 14.4 Å². The number of halogens is 1. The molecule has 0 bridgehead atoms. The third-order valence-electron chi connectivity index (χ3n) is 3.18. The van der Waals surface area contributed by atoms with Crippen molar-refractivity contribution in [1.82, 2.24) is 10.3 Å². The van der Waals surface area contributed by atoms with Crippen LogP contribution >= 0.6 is 11.6 Å². The van der Waals surface area contributed by atoms with E-state index in [0.29, 0.717) is 18.8 Å². The fraction of sp³-hybridized carbons (Fsp3) is 0.143. The van der Waals surface area contributed by atoms with Gasteiger partial charge in [0, 0.05) is 31.0 Å². The van der Waals surface area contributed by atoms with Gasteiger partial charge >= 0.3 is 16.1 Å². The molecule has 0 radical (unpaired) electrons. The van der Waals surface area contributed by atoms with E-state index < -0.39 is 10.1 Å². The quantitative estimate of drug-likeness (QED) is 0.849. The lowest BCUT2D eigenvalue weighted by atomic mass is 10.3. The molecule has 0 spiro atoms. The average molecular weight is 354 g/mol. The van der Waals surface area contributed by atoms with Crippen LogP contribution in [0.4, 0.5) is 10.5 Å². The third-order valence-corrected chi connectivity index (χ3v) is 4.65. The van der Waals surface area contributed by atoms with Crippen LogP contribution in [-0.2, 0) is 10.1 Å². The maximum atomic E-state index is 12.2. The minimum absolute atomic E-state index is 0.0270. The summed E-state index contributed by atoms with van der Waals surface area (Å²) in [7, 11) is -4.00. The number of nitrogens with one attached hydrogen (secondary N) is 1. The number of carbonyl (C=O) groups is 1. The van der Waals surface area contributed by atoms with E-state index in [1.54, 1.807) is 12.1 Å². The van der Waals surface area contributed by atoms with Crippen LogP contribution in [0.5, 0.6) is 5.75 Å². The fourth-order valence-electron chi connectivity index (χ4n) is 2.12. The van der Waals surface area contributed by atoms with Crippen LogP contribution in [0, 0.1) is 0 Å². The van der Waals surface area contributed by atoms with E-state index in [4.69, 9.17) is 15.8 Å². The van der Waals surface area contributed by atoms with Gasteiger partial charge in [0.15, 0.2) is 5.75 Å². The zero-order valence-corrected chi connectivity index (χ0v) is 13.3. The zero-order valence-electron chi connectivity index (χ0n) is 11.8. The van der Waals surface area contributed by atoms with Crippen molar-refractivity contribution in [2.24, 2.45) is 0 Å². The molecule has 1 fully saturated rings. The molecule has 120 valence electrons. The molecule has 1 aromatic heterocycles. The summed E-state index contributed by atoms with van der Waals surface area (Å²) in [4.78, 5) is 16.8. The van der Waals surface area contributed by atoms with E-state index in [9.17, 15) is 13.2 Å². The predicted octanol–water partition coefficient (Wildman–Crippen LogP) is 2.03. The van der Waals surface area contributed by atoms with Gasteiger partial charge in [0.25, 0.3) is 0 Å². The maximum Gasteiger partial charge on any atom is 0.339 e. The molecule has 23 heavy (non-hydrogen) atoms. The molecule has 1 N–H and O–H groups in total. The van der Waals surface area contributed by atoms with Crippen molar-refractivity contribution in [3.8, 4) is 5.75 Å². The summed E-state index contributed by atoms with van der Waals surface area (Å²) in [6.45, 7) is 1.10. The summed E-state index contributed by atoms with van der Waals surface area (Å²) < 4.78 is 29.4. The highest BCUT2D eigenvalue weighted by atomic mass is 35.5. The lowest BCUT2D eigenvalue weighted by Crippen LogP contribution is -2.27. The average Bonchev–Trinajstić information content (AvgIpc) is 2.93. The molecule has 2 amide bonds. The molecule has 1 saturated heterocycles. The molecule has 2 heterocycles. The molecule has 1 aliphatic rings. The zero-order chi connectivity index (χ0) is 16.4. The van der Waals surface area contributed by atoms with Crippen molar-refractivity contribution in [3.63, 3.8) is 0 Å². The van der Waals surface area contributed by atoms with Crippen LogP contribution in [0.25, 0.3) is 0 Å². The van der Waals surface area contributed by atoms with Crippen molar-refractivity contribution in [2.75, 3.05) is 18.0 Å². The van der Waals surface area contributed by atoms with E-state index in [0.717, 1.165) is 0 Å². The highest BCUT2D eigenvalue weighted by Gasteiger charge is 2.22. The van der Waals surface area contributed by atoms with Gasteiger partial charge in [0.2, 0.25) is 0 Å². The summed E-state index contributed by atoms with van der Waals surface area (Å²) in [6.07, 6.45) is 2.63. The van der Waals surface area contributed by atoms with Gasteiger partial charge in [-0.1, -0.05) is 11.6 Å². The Bertz CT molecular complexity index is 839. The molecule has 9 heteroatoms. The number of carbonyl (C=O) groups excluding carboxylic acids is 1. The number of amides is 2. The van der Waals surface area contributed by atoms with E-state index in [1.165, 1.54) is 35.5 Å². The second kappa shape index (κ2) is 6.05. The Balaban J connectivity index is 1.81. The number of anilines is 1. The highest BCUT2D eigenvalue weighted by Crippen LogP contribution is 2.23. The lowest BCUT2D eigenvalue weighted by Gasteiger charge is -2.14. The number of urea groups is 1. The number of nitrogens with zero attached hydrogens (tertiary/aromatic N) is 2. The van der Waals surface area contributed by atoms with Crippen LogP contribution in [0.1, 0.15) is 0 Å². The van der Waals surface area contributed by atoms with Crippen LogP contribution in [0.3, 0.4) is 0 Å². The molecule has 2 aromatic rings. The van der Waals surface area contributed by atoms with Crippen LogP contribution in [0.2, 0.25) is 5.02 Å². The van der Waals surface area contributed by atoms with Crippen molar-refractivity contribution < 1.29 is 17.4 Å². The highest BCUT2D eigenvalue weighted by molar-refractivity contribution is 7.87. The molecule has 0 unspecified atom stereocenters. The molecule has 1 aromatic carbocycles. The molecule has 3 rings (SSSR count). The van der Waals surface area contributed by atoms with Gasteiger partial charge in [-0.05, 0) is 24.3 Å². The minimum atomic E-state index is -4.00. The molecule has 0 atom stereocenters. The Morgan fingerprint density at radius 1 is 1.22 bits per heavy atom. The number of rotatable bonds is 4. The Morgan fingerprint density at radius 2 is 1.96 bits per heavy atom. The Morgan fingerprint density at radius 3 is 2.57 bits per heavy atom. The second-order valence-corrected chi connectivity index (χ2v) is 6.74. The smallest absolute Gasteiger partial charge is 0.339 e. The number of hydrogen-bond donors (Lipinski definition) is 1. The van der Waals surface area contributed by atoms with Gasteiger partial charge in [0.1, 0.15) is 4.90 Å². The Hall–Kier alpha value is -2.32. The van der Waals surface area contributed by atoms with Crippen molar-refractivity contribution >= 4 is 33.4 Å². The molecule has 0 saturated carbocycles. The summed E-state index contributed by atoms with van der Waals surface area (Å²) in [5.74, 6) is 0.0282. The van der Waals surface area contributed by atoms with E-state index >= 15 is 0 Å².